The van der Waals surface area contributed by atoms with E-state index < -0.39 is 0 Å². The van der Waals surface area contributed by atoms with E-state index in [-0.39, 0.29) is 0 Å². The zero-order valence-corrected chi connectivity index (χ0v) is 14.7. The van der Waals surface area contributed by atoms with Gasteiger partial charge in [0.25, 0.3) is 0 Å². The van der Waals surface area contributed by atoms with E-state index in [9.17, 15) is 0 Å². The van der Waals surface area contributed by atoms with E-state index in [2.05, 4.69) is 62.5 Å². The molecule has 0 radical (unpaired) electrons. The molecule has 1 heterocycles. The van der Waals surface area contributed by atoms with E-state index in [1.807, 2.05) is 11.3 Å². The van der Waals surface area contributed by atoms with Crippen molar-refractivity contribution in [2.75, 3.05) is 26.7 Å². The van der Waals surface area contributed by atoms with Crippen LogP contribution in [0.3, 0.4) is 0 Å². The van der Waals surface area contributed by atoms with Crippen LogP contribution in [0.1, 0.15) is 45.4 Å². The molecule has 0 aliphatic rings. The van der Waals surface area contributed by atoms with Crippen molar-refractivity contribution in [1.82, 2.24) is 10.2 Å². The number of thiophene rings is 1. The van der Waals surface area contributed by atoms with Crippen LogP contribution < -0.4 is 5.32 Å². The fourth-order valence-corrected chi connectivity index (χ4v) is 3.32. The summed E-state index contributed by atoms with van der Waals surface area (Å²) >= 11 is 1.87. The first-order chi connectivity index (χ1) is 9.50. The smallest absolute Gasteiger partial charge is 0.0112 e. The van der Waals surface area contributed by atoms with E-state index in [0.29, 0.717) is 11.5 Å². The van der Waals surface area contributed by atoms with Gasteiger partial charge in [-0.15, -0.1) is 11.3 Å². The summed E-state index contributed by atoms with van der Waals surface area (Å²) in [4.78, 5) is 4.02. The molecule has 0 spiro atoms. The van der Waals surface area contributed by atoms with Gasteiger partial charge in [-0.1, -0.05) is 26.8 Å². The largest absolute Gasteiger partial charge is 0.316 e. The molecule has 1 N–H and O–H groups in total. The van der Waals surface area contributed by atoms with Crippen LogP contribution in [0.5, 0.6) is 0 Å². The van der Waals surface area contributed by atoms with Crippen LogP contribution in [0.15, 0.2) is 17.5 Å². The number of rotatable bonds is 10. The predicted molar refractivity (Wildman–Crippen MR) is 91.7 cm³/mol. The highest BCUT2D eigenvalue weighted by Gasteiger charge is 2.25. The normalized spacial score (nSPS) is 16.3. The monoisotopic (exact) mass is 296 g/mol. The lowest BCUT2D eigenvalue weighted by Gasteiger charge is -2.36. The molecule has 0 saturated carbocycles. The van der Waals surface area contributed by atoms with Crippen LogP contribution in [-0.2, 0) is 6.42 Å². The van der Waals surface area contributed by atoms with Gasteiger partial charge in [0.2, 0.25) is 0 Å². The second-order valence-corrected chi connectivity index (χ2v) is 7.42. The van der Waals surface area contributed by atoms with Gasteiger partial charge < -0.3 is 10.2 Å². The average Bonchev–Trinajstić information content (AvgIpc) is 2.91. The first-order valence-electron chi connectivity index (χ1n) is 7.94. The summed E-state index contributed by atoms with van der Waals surface area (Å²) in [6.07, 6.45) is 3.60. The molecule has 0 aromatic carbocycles. The van der Waals surface area contributed by atoms with Crippen molar-refractivity contribution in [1.29, 1.82) is 0 Å². The molecule has 1 aromatic rings. The van der Waals surface area contributed by atoms with Crippen LogP contribution in [-0.4, -0.2) is 37.6 Å². The Morgan fingerprint density at radius 1 is 1.40 bits per heavy atom. The van der Waals surface area contributed by atoms with Gasteiger partial charge in [-0.05, 0) is 56.6 Å². The molecule has 0 aliphatic heterocycles. The standard InChI is InChI=1S/C17H32N2S/c1-6-10-18-13-17(4,7-2)14-19(5)15(3)12-16-9-8-11-20-16/h8-9,11,15,18H,6-7,10,12-14H2,1-5H3. The fourth-order valence-electron chi connectivity index (χ4n) is 2.49. The van der Waals surface area contributed by atoms with E-state index in [0.717, 1.165) is 26.1 Å². The summed E-state index contributed by atoms with van der Waals surface area (Å²) in [7, 11) is 2.27. The van der Waals surface area contributed by atoms with Crippen molar-refractivity contribution in [3.8, 4) is 0 Å². The van der Waals surface area contributed by atoms with Crippen molar-refractivity contribution < 1.29 is 0 Å². The molecule has 3 heteroatoms. The minimum Gasteiger partial charge on any atom is -0.316 e. The zero-order chi connectivity index (χ0) is 15.0. The van der Waals surface area contributed by atoms with Crippen molar-refractivity contribution in [3.05, 3.63) is 22.4 Å². The zero-order valence-electron chi connectivity index (χ0n) is 13.9. The highest BCUT2D eigenvalue weighted by molar-refractivity contribution is 7.09. The van der Waals surface area contributed by atoms with Crippen molar-refractivity contribution in [3.63, 3.8) is 0 Å². The number of nitrogens with one attached hydrogen (secondary N) is 1. The molecule has 0 amide bonds. The average molecular weight is 297 g/mol. The molecule has 0 aliphatic carbocycles. The lowest BCUT2D eigenvalue weighted by atomic mass is 9.86. The molecular formula is C17H32N2S. The molecule has 0 bridgehead atoms. The summed E-state index contributed by atoms with van der Waals surface area (Å²) < 4.78 is 0. The summed E-state index contributed by atoms with van der Waals surface area (Å²) in [5, 5.41) is 5.77. The Kier molecular flexibility index (Phi) is 7.78. The maximum absolute atomic E-state index is 3.59. The molecule has 2 nitrogen and oxygen atoms in total. The van der Waals surface area contributed by atoms with Crippen LogP contribution in [0, 0.1) is 5.41 Å². The Morgan fingerprint density at radius 2 is 2.15 bits per heavy atom. The van der Waals surface area contributed by atoms with Crippen LogP contribution in [0.4, 0.5) is 0 Å². The summed E-state index contributed by atoms with van der Waals surface area (Å²) in [5.74, 6) is 0. The third-order valence-corrected chi connectivity index (χ3v) is 5.19. The predicted octanol–water partition coefficient (Wildman–Crippen LogP) is 4.03. The van der Waals surface area contributed by atoms with Gasteiger partial charge in [-0.2, -0.15) is 0 Å². The Morgan fingerprint density at radius 3 is 2.70 bits per heavy atom. The Labute approximate surface area is 129 Å². The summed E-state index contributed by atoms with van der Waals surface area (Å²) in [6.45, 7) is 12.7. The van der Waals surface area contributed by atoms with Crippen molar-refractivity contribution in [2.45, 2.75) is 53.0 Å². The number of hydrogen-bond acceptors (Lipinski definition) is 3. The fraction of sp³-hybridized carbons (Fsp3) is 0.765. The van der Waals surface area contributed by atoms with Gasteiger partial charge in [0.15, 0.2) is 0 Å². The Hall–Kier alpha value is -0.380. The third-order valence-electron chi connectivity index (χ3n) is 4.29. The van der Waals surface area contributed by atoms with Gasteiger partial charge in [-0.25, -0.2) is 0 Å². The second-order valence-electron chi connectivity index (χ2n) is 6.39. The van der Waals surface area contributed by atoms with Crippen LogP contribution in [0.25, 0.3) is 0 Å². The van der Waals surface area contributed by atoms with Gasteiger partial charge in [0.05, 0.1) is 0 Å². The van der Waals surface area contributed by atoms with Crippen molar-refractivity contribution in [2.24, 2.45) is 5.41 Å². The van der Waals surface area contributed by atoms with Gasteiger partial charge in [-0.3, -0.25) is 0 Å². The maximum Gasteiger partial charge on any atom is 0.0112 e. The highest BCUT2D eigenvalue weighted by Crippen LogP contribution is 2.23. The summed E-state index contributed by atoms with van der Waals surface area (Å²) in [6, 6.07) is 5.00. The van der Waals surface area contributed by atoms with Crippen molar-refractivity contribution >= 4 is 11.3 Å². The maximum atomic E-state index is 3.59. The van der Waals surface area contributed by atoms with Crippen LogP contribution >= 0.6 is 11.3 Å². The minimum atomic E-state index is 0.369. The van der Waals surface area contributed by atoms with E-state index in [4.69, 9.17) is 0 Å². The Bertz CT molecular complexity index is 350. The molecular weight excluding hydrogens is 264 g/mol. The quantitative estimate of drug-likeness (QED) is 0.656. The topological polar surface area (TPSA) is 15.3 Å². The lowest BCUT2D eigenvalue weighted by molar-refractivity contribution is 0.147. The molecule has 2 atom stereocenters. The lowest BCUT2D eigenvalue weighted by Crippen LogP contribution is -2.44. The van der Waals surface area contributed by atoms with Gasteiger partial charge in [0, 0.05) is 24.0 Å². The summed E-state index contributed by atoms with van der Waals surface area (Å²) in [5.41, 5.74) is 0.369. The third kappa shape index (κ3) is 5.94. The minimum absolute atomic E-state index is 0.369. The van der Waals surface area contributed by atoms with E-state index in [1.165, 1.54) is 17.7 Å². The molecule has 1 rings (SSSR count). The highest BCUT2D eigenvalue weighted by atomic mass is 32.1. The number of likely N-dealkylation sites (N-methyl/N-ethyl adjacent to an activating group) is 1. The Balaban J connectivity index is 2.46. The number of nitrogens with zero attached hydrogens (tertiary/aromatic N) is 1. The molecule has 1 aromatic heterocycles. The van der Waals surface area contributed by atoms with E-state index in [1.54, 1.807) is 0 Å². The van der Waals surface area contributed by atoms with Gasteiger partial charge >= 0.3 is 0 Å². The SMILES string of the molecule is CCCNCC(C)(CC)CN(C)C(C)Cc1cccs1. The molecule has 2 unspecified atom stereocenters. The van der Waals surface area contributed by atoms with E-state index >= 15 is 0 Å². The molecule has 0 saturated heterocycles. The van der Waals surface area contributed by atoms with Crippen LogP contribution in [0.2, 0.25) is 0 Å². The molecule has 116 valence electrons. The first kappa shape index (κ1) is 17.7. The first-order valence-corrected chi connectivity index (χ1v) is 8.82. The molecule has 0 fully saturated rings. The number of hydrogen-bond donors (Lipinski definition) is 1. The van der Waals surface area contributed by atoms with Gasteiger partial charge in [0.1, 0.15) is 0 Å². The molecule has 20 heavy (non-hydrogen) atoms. The second kappa shape index (κ2) is 8.81.